The second-order valence-electron chi connectivity index (χ2n) is 4.79. The molecule has 0 saturated carbocycles. The van der Waals surface area contributed by atoms with E-state index in [-0.39, 0.29) is 17.1 Å². The molecule has 108 valence electrons. The first-order chi connectivity index (χ1) is 9.36. The fourth-order valence-electron chi connectivity index (χ4n) is 2.08. The number of piperazine rings is 1. The van der Waals surface area contributed by atoms with Gasteiger partial charge >= 0.3 is 17.1 Å². The second kappa shape index (κ2) is 9.73. The Labute approximate surface area is 133 Å². The van der Waals surface area contributed by atoms with Crippen molar-refractivity contribution in [1.29, 1.82) is 0 Å². The molecule has 0 bridgehead atoms. The predicted molar refractivity (Wildman–Crippen MR) is 81.7 cm³/mol. The van der Waals surface area contributed by atoms with Gasteiger partial charge in [-0.2, -0.15) is 30.3 Å². The van der Waals surface area contributed by atoms with Crippen LogP contribution >= 0.6 is 0 Å². The van der Waals surface area contributed by atoms with E-state index in [1.807, 2.05) is 30.3 Å². The average Bonchev–Trinajstić information content (AvgIpc) is 3.14. The maximum absolute atomic E-state index is 3.38. The number of nitrogens with one attached hydrogen (secondary N) is 1. The molecular formula is C17H22FeN2. The fourth-order valence-corrected chi connectivity index (χ4v) is 2.08. The topological polar surface area (TPSA) is 15.3 Å². The van der Waals surface area contributed by atoms with Crippen LogP contribution in [0.3, 0.4) is 0 Å². The molecule has 1 fully saturated rings. The van der Waals surface area contributed by atoms with Gasteiger partial charge in [0.05, 0.1) is 0 Å². The first-order valence-corrected chi connectivity index (χ1v) is 6.89. The molecule has 0 aromatic heterocycles. The molecule has 1 aromatic carbocycles. The molecule has 1 unspecified atom stereocenters. The number of allylic oxidation sites excluding steroid dienone is 5. The van der Waals surface area contributed by atoms with E-state index in [9.17, 15) is 0 Å². The third-order valence-corrected chi connectivity index (χ3v) is 3.26. The monoisotopic (exact) mass is 310 g/mol. The molecule has 1 saturated heterocycles. The van der Waals surface area contributed by atoms with Gasteiger partial charge in [0.15, 0.2) is 0 Å². The minimum Gasteiger partial charge on any atom is -0.355 e. The van der Waals surface area contributed by atoms with Gasteiger partial charge in [-0.1, -0.05) is 12.2 Å². The molecule has 0 spiro atoms. The van der Waals surface area contributed by atoms with Crippen molar-refractivity contribution in [2.75, 3.05) is 19.6 Å². The van der Waals surface area contributed by atoms with E-state index in [4.69, 9.17) is 0 Å². The summed E-state index contributed by atoms with van der Waals surface area (Å²) in [6, 6.07) is 10.6. The van der Waals surface area contributed by atoms with Crippen LogP contribution < -0.4 is 5.32 Å². The SMILES string of the molecule is CC1CNCCN1[CH-]C=C1C=CC=C1.[Fe+2].c1cc[cH-]c1. The zero-order valence-corrected chi connectivity index (χ0v) is 13.0. The molecule has 2 nitrogen and oxygen atoms in total. The smallest absolute Gasteiger partial charge is 0.355 e. The minimum absolute atomic E-state index is 0. The summed E-state index contributed by atoms with van der Waals surface area (Å²) in [4.78, 5) is 2.39. The van der Waals surface area contributed by atoms with Gasteiger partial charge in [-0.25, -0.2) is 18.2 Å². The maximum atomic E-state index is 3.38. The van der Waals surface area contributed by atoms with E-state index >= 15 is 0 Å². The molecule has 20 heavy (non-hydrogen) atoms. The van der Waals surface area contributed by atoms with Crippen LogP contribution in [0.15, 0.2) is 66.3 Å². The van der Waals surface area contributed by atoms with Crippen LogP contribution in [0.4, 0.5) is 0 Å². The summed E-state index contributed by atoms with van der Waals surface area (Å²) < 4.78 is 0. The molecule has 0 amide bonds. The van der Waals surface area contributed by atoms with E-state index in [0.717, 1.165) is 19.6 Å². The van der Waals surface area contributed by atoms with Gasteiger partial charge in [0, 0.05) is 19.1 Å². The van der Waals surface area contributed by atoms with Crippen molar-refractivity contribution in [3.8, 4) is 0 Å². The van der Waals surface area contributed by atoms with E-state index < -0.39 is 0 Å². The Morgan fingerprint density at radius 3 is 2.55 bits per heavy atom. The van der Waals surface area contributed by atoms with Crippen LogP contribution in [0.1, 0.15) is 6.92 Å². The summed E-state index contributed by atoms with van der Waals surface area (Å²) in [5.41, 5.74) is 1.29. The fraction of sp³-hybridized carbons (Fsp3) is 0.294. The molecule has 1 aliphatic heterocycles. The van der Waals surface area contributed by atoms with Crippen molar-refractivity contribution >= 4 is 0 Å². The van der Waals surface area contributed by atoms with Gasteiger partial charge in [0.2, 0.25) is 0 Å². The number of hydrogen-bond donors (Lipinski definition) is 1. The molecule has 1 heterocycles. The van der Waals surface area contributed by atoms with Crippen LogP contribution in [0.5, 0.6) is 0 Å². The molecule has 0 radical (unpaired) electrons. The number of hydrogen-bond acceptors (Lipinski definition) is 2. The van der Waals surface area contributed by atoms with Crippen molar-refractivity contribution < 1.29 is 17.1 Å². The number of rotatable bonds is 2. The first kappa shape index (κ1) is 16.9. The van der Waals surface area contributed by atoms with Crippen LogP contribution in [0, 0.1) is 6.54 Å². The van der Waals surface area contributed by atoms with Gasteiger partial charge in [0.1, 0.15) is 0 Å². The van der Waals surface area contributed by atoms with Crippen LogP contribution in [-0.4, -0.2) is 30.6 Å². The minimum atomic E-state index is 0. The van der Waals surface area contributed by atoms with Crippen molar-refractivity contribution in [1.82, 2.24) is 10.2 Å². The van der Waals surface area contributed by atoms with Crippen molar-refractivity contribution in [2.24, 2.45) is 0 Å². The van der Waals surface area contributed by atoms with Crippen LogP contribution in [-0.2, 0) is 17.1 Å². The molecule has 1 aromatic rings. The molecule has 1 aliphatic carbocycles. The van der Waals surface area contributed by atoms with E-state index in [1.54, 1.807) is 0 Å². The first-order valence-electron chi connectivity index (χ1n) is 6.89. The third kappa shape index (κ3) is 5.89. The predicted octanol–water partition coefficient (Wildman–Crippen LogP) is 2.90. The Morgan fingerprint density at radius 2 is 2.00 bits per heavy atom. The molecule has 2 aliphatic rings. The Kier molecular flexibility index (Phi) is 8.24. The number of nitrogens with zero attached hydrogens (tertiary/aromatic N) is 1. The van der Waals surface area contributed by atoms with Gasteiger partial charge in [0.25, 0.3) is 0 Å². The molecule has 3 rings (SSSR count). The summed E-state index contributed by atoms with van der Waals surface area (Å²) in [5.74, 6) is 0. The van der Waals surface area contributed by atoms with E-state index in [0.29, 0.717) is 6.04 Å². The second-order valence-corrected chi connectivity index (χ2v) is 4.79. The quantitative estimate of drug-likeness (QED) is 0.667. The molecule has 3 heteroatoms. The summed E-state index contributed by atoms with van der Waals surface area (Å²) in [7, 11) is 0. The van der Waals surface area contributed by atoms with Crippen molar-refractivity contribution in [2.45, 2.75) is 13.0 Å². The Bertz CT molecular complexity index is 401. The molecule has 1 atom stereocenters. The average molecular weight is 310 g/mol. The summed E-state index contributed by atoms with van der Waals surface area (Å²) in [6.45, 7) is 7.75. The maximum Gasteiger partial charge on any atom is 2.00 e. The van der Waals surface area contributed by atoms with Crippen molar-refractivity contribution in [3.05, 3.63) is 72.8 Å². The summed E-state index contributed by atoms with van der Waals surface area (Å²) in [6.07, 6.45) is 10.6. The Balaban J connectivity index is 0.000000283. The van der Waals surface area contributed by atoms with Gasteiger partial charge in [-0.3, -0.25) is 0 Å². The zero-order chi connectivity index (χ0) is 13.3. The van der Waals surface area contributed by atoms with Gasteiger partial charge in [-0.05, 0) is 13.5 Å². The molecular weight excluding hydrogens is 288 g/mol. The largest absolute Gasteiger partial charge is 2.00 e. The zero-order valence-electron chi connectivity index (χ0n) is 11.9. The van der Waals surface area contributed by atoms with Crippen LogP contribution in [0.25, 0.3) is 0 Å². The Hall–Kier alpha value is -1.12. The normalized spacial score (nSPS) is 20.9. The van der Waals surface area contributed by atoms with E-state index in [1.165, 1.54) is 5.57 Å². The van der Waals surface area contributed by atoms with Crippen molar-refractivity contribution in [3.63, 3.8) is 0 Å². The molecule has 1 N–H and O–H groups in total. The third-order valence-electron chi connectivity index (χ3n) is 3.26. The van der Waals surface area contributed by atoms with Gasteiger partial charge < -0.3 is 10.2 Å². The standard InChI is InChI=1S/C12H17N2.C5H5.Fe/c1-11-10-13-7-9-14(11)8-6-12-4-2-3-5-12;1-2-4-5-3-1;/h2-6,8,11,13H,7,9-10H2,1H3;1-5H;/q2*-1;+2. The van der Waals surface area contributed by atoms with E-state index in [2.05, 4.69) is 54.1 Å². The van der Waals surface area contributed by atoms with Crippen LogP contribution in [0.2, 0.25) is 0 Å². The summed E-state index contributed by atoms with van der Waals surface area (Å²) >= 11 is 0. The summed E-state index contributed by atoms with van der Waals surface area (Å²) in [5, 5.41) is 3.38. The Morgan fingerprint density at radius 1 is 1.30 bits per heavy atom. The van der Waals surface area contributed by atoms with Gasteiger partial charge in [-0.15, -0.1) is 12.2 Å².